The fraction of sp³-hybridized carbons (Fsp3) is 0.538. The molecule has 0 saturated carbocycles. The number of ether oxygens (including phenoxy) is 1. The molecular formula is C13H21FN2OS. The van der Waals surface area contributed by atoms with Crippen molar-refractivity contribution in [2.45, 2.75) is 6.04 Å². The third-order valence-electron chi connectivity index (χ3n) is 2.96. The minimum atomic E-state index is -0.341. The van der Waals surface area contributed by atoms with Gasteiger partial charge in [0.15, 0.2) is 11.6 Å². The van der Waals surface area contributed by atoms with Crippen LogP contribution in [-0.2, 0) is 0 Å². The lowest BCUT2D eigenvalue weighted by molar-refractivity contribution is 0.264. The molecule has 0 aromatic heterocycles. The number of halogens is 1. The molecule has 1 unspecified atom stereocenters. The van der Waals surface area contributed by atoms with Crippen LogP contribution in [0.5, 0.6) is 5.75 Å². The lowest BCUT2D eigenvalue weighted by Crippen LogP contribution is -2.32. The first-order valence-electron chi connectivity index (χ1n) is 5.86. The molecule has 0 heterocycles. The van der Waals surface area contributed by atoms with Crippen molar-refractivity contribution >= 4 is 11.8 Å². The van der Waals surface area contributed by atoms with Crippen LogP contribution in [-0.4, -0.2) is 44.2 Å². The molecule has 1 atom stereocenters. The van der Waals surface area contributed by atoms with E-state index in [1.807, 2.05) is 13.1 Å². The van der Waals surface area contributed by atoms with Gasteiger partial charge in [-0.2, -0.15) is 11.8 Å². The topological polar surface area (TPSA) is 38.5 Å². The van der Waals surface area contributed by atoms with Crippen LogP contribution in [0, 0.1) is 5.82 Å². The number of methoxy groups -OCH3 is 1. The zero-order chi connectivity index (χ0) is 13.5. The molecule has 102 valence electrons. The standard InChI is InChI=1S/C13H21FN2OS/c1-16(6-7-18-3)12(9-15)10-4-5-13(17-2)11(14)8-10/h4-5,8,12H,6-7,9,15H2,1-3H3. The predicted molar refractivity (Wildman–Crippen MR) is 75.8 cm³/mol. The smallest absolute Gasteiger partial charge is 0.165 e. The molecule has 0 aliphatic rings. The van der Waals surface area contributed by atoms with Gasteiger partial charge in [0, 0.05) is 24.9 Å². The number of likely N-dealkylation sites (N-methyl/N-ethyl adjacent to an activating group) is 1. The Labute approximate surface area is 112 Å². The van der Waals surface area contributed by atoms with Crippen molar-refractivity contribution in [1.82, 2.24) is 4.90 Å². The number of thioether (sulfide) groups is 1. The van der Waals surface area contributed by atoms with Gasteiger partial charge in [0.25, 0.3) is 0 Å². The van der Waals surface area contributed by atoms with E-state index >= 15 is 0 Å². The average Bonchev–Trinajstić information content (AvgIpc) is 2.37. The van der Waals surface area contributed by atoms with Crippen molar-refractivity contribution in [2.75, 3.05) is 39.3 Å². The van der Waals surface area contributed by atoms with Crippen LogP contribution >= 0.6 is 11.8 Å². The van der Waals surface area contributed by atoms with Crippen LogP contribution in [0.25, 0.3) is 0 Å². The third-order valence-corrected chi connectivity index (χ3v) is 3.55. The molecule has 0 aliphatic heterocycles. The summed E-state index contributed by atoms with van der Waals surface area (Å²) in [5, 5.41) is 0. The molecular weight excluding hydrogens is 251 g/mol. The van der Waals surface area contributed by atoms with Gasteiger partial charge in [0.05, 0.1) is 7.11 Å². The van der Waals surface area contributed by atoms with E-state index in [2.05, 4.69) is 11.2 Å². The Bertz CT molecular complexity index is 376. The van der Waals surface area contributed by atoms with Crippen LogP contribution in [0.3, 0.4) is 0 Å². The van der Waals surface area contributed by atoms with E-state index < -0.39 is 0 Å². The first-order chi connectivity index (χ1) is 8.63. The molecule has 1 rings (SSSR count). The van der Waals surface area contributed by atoms with Crippen LogP contribution in [0.1, 0.15) is 11.6 Å². The number of nitrogens with two attached hydrogens (primary N) is 1. The normalized spacial score (nSPS) is 12.8. The van der Waals surface area contributed by atoms with E-state index in [4.69, 9.17) is 10.5 Å². The number of hydrogen-bond acceptors (Lipinski definition) is 4. The predicted octanol–water partition coefficient (Wildman–Crippen LogP) is 2.13. The van der Waals surface area contributed by atoms with Gasteiger partial charge in [0.2, 0.25) is 0 Å². The zero-order valence-electron chi connectivity index (χ0n) is 11.1. The Morgan fingerprint density at radius 3 is 2.72 bits per heavy atom. The van der Waals surface area contributed by atoms with Gasteiger partial charge in [0.1, 0.15) is 0 Å². The molecule has 0 radical (unpaired) electrons. The monoisotopic (exact) mass is 272 g/mol. The van der Waals surface area contributed by atoms with E-state index in [0.29, 0.717) is 6.54 Å². The molecule has 0 aliphatic carbocycles. The summed E-state index contributed by atoms with van der Waals surface area (Å²) < 4.78 is 18.6. The van der Waals surface area contributed by atoms with E-state index in [1.165, 1.54) is 13.2 Å². The van der Waals surface area contributed by atoms with Gasteiger partial charge in [-0.3, -0.25) is 4.90 Å². The fourth-order valence-corrected chi connectivity index (χ4v) is 2.32. The molecule has 0 amide bonds. The van der Waals surface area contributed by atoms with Gasteiger partial charge < -0.3 is 10.5 Å². The molecule has 1 aromatic rings. The maximum Gasteiger partial charge on any atom is 0.165 e. The number of benzene rings is 1. The first kappa shape index (κ1) is 15.3. The zero-order valence-corrected chi connectivity index (χ0v) is 12.0. The summed E-state index contributed by atoms with van der Waals surface area (Å²) in [6.45, 7) is 1.40. The maximum absolute atomic E-state index is 13.7. The van der Waals surface area contributed by atoms with Crippen molar-refractivity contribution < 1.29 is 9.13 Å². The van der Waals surface area contributed by atoms with Gasteiger partial charge in [-0.25, -0.2) is 4.39 Å². The van der Waals surface area contributed by atoms with Crippen molar-refractivity contribution in [3.8, 4) is 5.75 Å². The molecule has 18 heavy (non-hydrogen) atoms. The Morgan fingerprint density at radius 2 is 2.22 bits per heavy atom. The number of hydrogen-bond donors (Lipinski definition) is 1. The Kier molecular flexibility index (Phi) is 6.46. The van der Waals surface area contributed by atoms with Crippen molar-refractivity contribution in [1.29, 1.82) is 0 Å². The van der Waals surface area contributed by atoms with Crippen LogP contribution < -0.4 is 10.5 Å². The molecule has 0 bridgehead atoms. The first-order valence-corrected chi connectivity index (χ1v) is 7.26. The van der Waals surface area contributed by atoms with Crippen LogP contribution in [0.4, 0.5) is 4.39 Å². The molecule has 0 fully saturated rings. The highest BCUT2D eigenvalue weighted by molar-refractivity contribution is 7.98. The summed E-state index contributed by atoms with van der Waals surface area (Å²) in [7, 11) is 3.47. The van der Waals surface area contributed by atoms with E-state index in [9.17, 15) is 4.39 Å². The molecule has 5 heteroatoms. The van der Waals surface area contributed by atoms with E-state index in [1.54, 1.807) is 17.8 Å². The van der Waals surface area contributed by atoms with Gasteiger partial charge in [-0.1, -0.05) is 6.07 Å². The Hall–Kier alpha value is -0.780. The number of rotatable bonds is 7. The summed E-state index contributed by atoms with van der Waals surface area (Å²) in [6.07, 6.45) is 2.07. The molecule has 0 saturated heterocycles. The lowest BCUT2D eigenvalue weighted by Gasteiger charge is -2.27. The van der Waals surface area contributed by atoms with Crippen molar-refractivity contribution in [3.05, 3.63) is 29.6 Å². The fourth-order valence-electron chi connectivity index (χ4n) is 1.85. The second kappa shape index (κ2) is 7.61. The van der Waals surface area contributed by atoms with Crippen LogP contribution in [0.15, 0.2) is 18.2 Å². The van der Waals surface area contributed by atoms with Crippen molar-refractivity contribution in [2.24, 2.45) is 5.73 Å². The summed E-state index contributed by atoms with van der Waals surface area (Å²) in [6, 6.07) is 5.06. The minimum Gasteiger partial charge on any atom is -0.494 e. The van der Waals surface area contributed by atoms with E-state index in [0.717, 1.165) is 17.9 Å². The summed E-state index contributed by atoms with van der Waals surface area (Å²) in [4.78, 5) is 2.15. The molecule has 0 spiro atoms. The summed E-state index contributed by atoms with van der Waals surface area (Å²) in [5.41, 5.74) is 6.68. The lowest BCUT2D eigenvalue weighted by atomic mass is 10.1. The highest BCUT2D eigenvalue weighted by Crippen LogP contribution is 2.24. The van der Waals surface area contributed by atoms with Gasteiger partial charge in [-0.05, 0) is 31.0 Å². The second-order valence-corrected chi connectivity index (χ2v) is 5.10. The van der Waals surface area contributed by atoms with Gasteiger partial charge in [-0.15, -0.1) is 0 Å². The summed E-state index contributed by atoms with van der Waals surface area (Å²) >= 11 is 1.79. The molecule has 1 aromatic carbocycles. The van der Waals surface area contributed by atoms with Gasteiger partial charge >= 0.3 is 0 Å². The Balaban J connectivity index is 2.84. The quantitative estimate of drug-likeness (QED) is 0.825. The maximum atomic E-state index is 13.7. The third kappa shape index (κ3) is 3.86. The highest BCUT2D eigenvalue weighted by Gasteiger charge is 2.16. The second-order valence-electron chi connectivity index (χ2n) is 4.12. The Morgan fingerprint density at radius 1 is 1.50 bits per heavy atom. The highest BCUT2D eigenvalue weighted by atomic mass is 32.2. The average molecular weight is 272 g/mol. The summed E-state index contributed by atoms with van der Waals surface area (Å²) in [5.74, 6) is 0.957. The molecule has 2 N–H and O–H groups in total. The largest absolute Gasteiger partial charge is 0.494 e. The van der Waals surface area contributed by atoms with Crippen LogP contribution in [0.2, 0.25) is 0 Å². The SMILES string of the molecule is COc1ccc(C(CN)N(C)CCSC)cc1F. The molecule has 3 nitrogen and oxygen atoms in total. The van der Waals surface area contributed by atoms with E-state index in [-0.39, 0.29) is 17.6 Å². The number of nitrogens with zero attached hydrogens (tertiary/aromatic N) is 1. The van der Waals surface area contributed by atoms with Crippen molar-refractivity contribution in [3.63, 3.8) is 0 Å². The minimum absolute atomic E-state index is 0.0394.